The van der Waals surface area contributed by atoms with Gasteiger partial charge >= 0.3 is 5.97 Å². The molecule has 0 unspecified atom stereocenters. The number of pyridine rings is 1. The van der Waals surface area contributed by atoms with Gasteiger partial charge in [-0.1, -0.05) is 19.1 Å². The third-order valence-corrected chi connectivity index (χ3v) is 5.92. The Balaban J connectivity index is 2.03. The van der Waals surface area contributed by atoms with Crippen molar-refractivity contribution in [3.05, 3.63) is 54.2 Å². The third-order valence-electron chi connectivity index (χ3n) is 4.20. The number of hydrogen-bond acceptors (Lipinski definition) is 6. The van der Waals surface area contributed by atoms with E-state index in [9.17, 15) is 13.2 Å². The van der Waals surface area contributed by atoms with Crippen LogP contribution in [-0.2, 0) is 21.1 Å². The molecule has 0 spiro atoms. The average molecular weight is 401 g/mol. The summed E-state index contributed by atoms with van der Waals surface area (Å²) in [6.07, 6.45) is 1.09. The predicted molar refractivity (Wildman–Crippen MR) is 104 cm³/mol. The monoisotopic (exact) mass is 401 g/mol. The molecule has 146 valence electrons. The number of aliphatic carboxylic acids is 1. The second-order valence-electron chi connectivity index (χ2n) is 6.09. The molecule has 1 aromatic heterocycles. The van der Waals surface area contributed by atoms with Gasteiger partial charge in [-0.15, -0.1) is 0 Å². The van der Waals surface area contributed by atoms with Crippen molar-refractivity contribution in [1.82, 2.24) is 4.98 Å². The first-order valence-corrected chi connectivity index (χ1v) is 10.2. The number of fused-ring (bicyclic) bond motifs is 1. The van der Waals surface area contributed by atoms with Crippen LogP contribution in [0, 0.1) is 0 Å². The van der Waals surface area contributed by atoms with Gasteiger partial charge in [0.15, 0.2) is 9.84 Å². The van der Waals surface area contributed by atoms with Crippen LogP contribution in [-0.4, -0.2) is 37.3 Å². The first-order valence-electron chi connectivity index (χ1n) is 8.51. The predicted octanol–water partition coefficient (Wildman–Crippen LogP) is 3.46. The molecule has 0 aliphatic rings. The molecule has 2 aromatic carbocycles. The Labute approximate surface area is 162 Å². The molecule has 0 fully saturated rings. The topological polar surface area (TPSA) is 103 Å². The maximum atomic E-state index is 11.9. The lowest BCUT2D eigenvalue weighted by Crippen LogP contribution is -2.04. The highest BCUT2D eigenvalue weighted by Crippen LogP contribution is 2.33. The van der Waals surface area contributed by atoms with Crippen LogP contribution in [0.15, 0.2) is 53.6 Å². The lowest BCUT2D eigenvalue weighted by Gasteiger charge is -2.12. The second-order valence-corrected chi connectivity index (χ2v) is 8.37. The zero-order valence-electron chi connectivity index (χ0n) is 15.4. The summed E-state index contributed by atoms with van der Waals surface area (Å²) in [5.74, 6) is 0.265. The molecule has 0 bridgehead atoms. The highest BCUT2D eigenvalue weighted by Gasteiger charge is 2.14. The number of sulfone groups is 1. The highest BCUT2D eigenvalue weighted by atomic mass is 32.2. The molecule has 0 aliphatic heterocycles. The molecule has 0 amide bonds. The molecule has 8 heteroatoms. The molecule has 0 atom stereocenters. The minimum absolute atomic E-state index is 0.0173. The first-order chi connectivity index (χ1) is 13.3. The third kappa shape index (κ3) is 4.23. The van der Waals surface area contributed by atoms with E-state index in [2.05, 4.69) is 4.98 Å². The summed E-state index contributed by atoms with van der Waals surface area (Å²) in [6, 6.07) is 11.7. The Morgan fingerprint density at radius 2 is 1.93 bits per heavy atom. The zero-order valence-corrected chi connectivity index (χ0v) is 16.2. The molecule has 1 heterocycles. The molecular formula is C20H19NO6S. The standard InChI is InChI=1S/C20H19NO6S/c1-3-28(24,25)16-6-7-19(21-12-16)27-18-9-13(10-20(22)23)8-14-4-5-15(26-2)11-17(14)18/h4-9,11-12H,3,10H2,1-2H3,(H,22,23). The van der Waals surface area contributed by atoms with Crippen LogP contribution in [0.2, 0.25) is 0 Å². The maximum absolute atomic E-state index is 11.9. The Bertz CT molecular complexity index is 1120. The van der Waals surface area contributed by atoms with Crippen LogP contribution in [0.1, 0.15) is 12.5 Å². The van der Waals surface area contributed by atoms with Crippen LogP contribution in [0.5, 0.6) is 17.4 Å². The minimum Gasteiger partial charge on any atom is -0.497 e. The molecule has 7 nitrogen and oxygen atoms in total. The van der Waals surface area contributed by atoms with Crippen molar-refractivity contribution in [2.24, 2.45) is 0 Å². The van der Waals surface area contributed by atoms with Crippen LogP contribution in [0.4, 0.5) is 0 Å². The Morgan fingerprint density at radius 3 is 2.54 bits per heavy atom. The van der Waals surface area contributed by atoms with Gasteiger partial charge in [0.25, 0.3) is 0 Å². The molecule has 0 saturated heterocycles. The van der Waals surface area contributed by atoms with E-state index < -0.39 is 15.8 Å². The van der Waals surface area contributed by atoms with Gasteiger partial charge in [0, 0.05) is 17.6 Å². The largest absolute Gasteiger partial charge is 0.497 e. The summed E-state index contributed by atoms with van der Waals surface area (Å²) >= 11 is 0. The van der Waals surface area contributed by atoms with Crippen molar-refractivity contribution < 1.29 is 27.8 Å². The molecule has 0 saturated carbocycles. The lowest BCUT2D eigenvalue weighted by atomic mass is 10.0. The summed E-state index contributed by atoms with van der Waals surface area (Å²) in [6.45, 7) is 1.56. The fourth-order valence-corrected chi connectivity index (χ4v) is 3.56. The molecule has 3 aromatic rings. The fourth-order valence-electron chi connectivity index (χ4n) is 2.74. The Morgan fingerprint density at radius 1 is 1.14 bits per heavy atom. The number of carboxylic acid groups (broad SMARTS) is 1. The Kier molecular flexibility index (Phi) is 5.51. The van der Waals surface area contributed by atoms with Gasteiger partial charge in [0.1, 0.15) is 11.5 Å². The van der Waals surface area contributed by atoms with E-state index in [1.807, 2.05) is 6.07 Å². The molecular weight excluding hydrogens is 382 g/mol. The van der Waals surface area contributed by atoms with Crippen LogP contribution >= 0.6 is 0 Å². The van der Waals surface area contributed by atoms with Crippen molar-refractivity contribution in [3.8, 4) is 17.4 Å². The molecule has 1 N–H and O–H groups in total. The number of methoxy groups -OCH3 is 1. The van der Waals surface area contributed by atoms with Gasteiger partial charge in [-0.2, -0.15) is 0 Å². The van der Waals surface area contributed by atoms with E-state index in [0.29, 0.717) is 17.1 Å². The van der Waals surface area contributed by atoms with Crippen molar-refractivity contribution in [1.29, 1.82) is 0 Å². The summed E-state index contributed by atoms with van der Waals surface area (Å²) in [5, 5.41) is 10.6. The van der Waals surface area contributed by atoms with Crippen molar-refractivity contribution in [3.63, 3.8) is 0 Å². The van der Waals surface area contributed by atoms with Crippen LogP contribution < -0.4 is 9.47 Å². The number of carboxylic acids is 1. The summed E-state index contributed by atoms with van der Waals surface area (Å²) in [4.78, 5) is 15.3. The fraction of sp³-hybridized carbons (Fsp3) is 0.200. The quantitative estimate of drug-likeness (QED) is 0.647. The zero-order chi connectivity index (χ0) is 20.3. The number of ether oxygens (including phenoxy) is 2. The van der Waals surface area contributed by atoms with E-state index in [1.54, 1.807) is 38.3 Å². The summed E-state index contributed by atoms with van der Waals surface area (Å²) in [7, 11) is -1.80. The maximum Gasteiger partial charge on any atom is 0.307 e. The van der Waals surface area contributed by atoms with Crippen LogP contribution in [0.3, 0.4) is 0 Å². The number of carbonyl (C=O) groups is 1. The smallest absolute Gasteiger partial charge is 0.307 e. The van der Waals surface area contributed by atoms with Gasteiger partial charge in [-0.3, -0.25) is 4.79 Å². The molecule has 0 radical (unpaired) electrons. The average Bonchev–Trinajstić information content (AvgIpc) is 2.67. The molecule has 28 heavy (non-hydrogen) atoms. The van der Waals surface area contributed by atoms with Crippen molar-refractivity contribution in [2.45, 2.75) is 18.2 Å². The van der Waals surface area contributed by atoms with E-state index in [4.69, 9.17) is 14.6 Å². The SMILES string of the molecule is CCS(=O)(=O)c1ccc(Oc2cc(CC(=O)O)cc3ccc(OC)cc23)nc1. The van der Waals surface area contributed by atoms with Crippen molar-refractivity contribution >= 4 is 26.6 Å². The second kappa shape index (κ2) is 7.85. The van der Waals surface area contributed by atoms with Gasteiger partial charge in [-0.25, -0.2) is 13.4 Å². The van der Waals surface area contributed by atoms with E-state index >= 15 is 0 Å². The number of hydrogen-bond donors (Lipinski definition) is 1. The number of aromatic nitrogens is 1. The van der Waals surface area contributed by atoms with Gasteiger partial charge in [0.2, 0.25) is 5.88 Å². The number of nitrogens with zero attached hydrogens (tertiary/aromatic N) is 1. The van der Waals surface area contributed by atoms with E-state index in [1.165, 1.54) is 18.3 Å². The van der Waals surface area contributed by atoms with Crippen LogP contribution in [0.25, 0.3) is 10.8 Å². The first kappa shape index (κ1) is 19.6. The highest BCUT2D eigenvalue weighted by molar-refractivity contribution is 7.91. The minimum atomic E-state index is -3.35. The summed E-state index contributed by atoms with van der Waals surface area (Å²) < 4.78 is 34.9. The van der Waals surface area contributed by atoms with Gasteiger partial charge < -0.3 is 14.6 Å². The number of rotatable bonds is 7. The van der Waals surface area contributed by atoms with E-state index in [0.717, 1.165) is 10.8 Å². The number of benzene rings is 2. The van der Waals surface area contributed by atoms with Gasteiger partial charge in [-0.05, 0) is 35.2 Å². The lowest BCUT2D eigenvalue weighted by molar-refractivity contribution is -0.136. The Hall–Kier alpha value is -3.13. The normalized spacial score (nSPS) is 11.4. The van der Waals surface area contributed by atoms with E-state index in [-0.39, 0.29) is 22.9 Å². The van der Waals surface area contributed by atoms with Crippen molar-refractivity contribution in [2.75, 3.05) is 12.9 Å². The van der Waals surface area contributed by atoms with Gasteiger partial charge in [0.05, 0.1) is 24.2 Å². The summed E-state index contributed by atoms with van der Waals surface area (Å²) in [5.41, 5.74) is 0.574. The molecule has 0 aliphatic carbocycles. The molecule has 3 rings (SSSR count).